The van der Waals surface area contributed by atoms with Crippen molar-refractivity contribution in [1.29, 1.82) is 0 Å². The molecular weight excluding hydrogens is 290 g/mol. The lowest BCUT2D eigenvalue weighted by Crippen LogP contribution is -2.42. The van der Waals surface area contributed by atoms with Crippen molar-refractivity contribution in [2.24, 2.45) is 11.8 Å². The summed E-state index contributed by atoms with van der Waals surface area (Å²) >= 11 is 1.80. The first-order valence-electron chi connectivity index (χ1n) is 8.50. The summed E-state index contributed by atoms with van der Waals surface area (Å²) in [5.41, 5.74) is 1.42. The molecular formula is C19H29NOS. The predicted octanol–water partition coefficient (Wildman–Crippen LogP) is 4.25. The average molecular weight is 320 g/mol. The zero-order chi connectivity index (χ0) is 15.9. The molecule has 1 aromatic rings. The molecule has 0 N–H and O–H groups in total. The summed E-state index contributed by atoms with van der Waals surface area (Å²) in [6.07, 6.45) is 3.44. The van der Waals surface area contributed by atoms with Gasteiger partial charge in [-0.2, -0.15) is 0 Å². The Morgan fingerprint density at radius 2 is 1.82 bits per heavy atom. The van der Waals surface area contributed by atoms with Crippen LogP contribution in [0.4, 0.5) is 0 Å². The van der Waals surface area contributed by atoms with Crippen molar-refractivity contribution < 1.29 is 4.79 Å². The fourth-order valence-electron chi connectivity index (χ4n) is 2.97. The number of carbonyl (C=O) groups excluding carboxylic acids is 1. The van der Waals surface area contributed by atoms with Crippen LogP contribution in [-0.2, 0) is 11.2 Å². The van der Waals surface area contributed by atoms with Crippen molar-refractivity contribution in [1.82, 2.24) is 4.90 Å². The maximum absolute atomic E-state index is 12.5. The van der Waals surface area contributed by atoms with Crippen LogP contribution in [0.15, 0.2) is 30.3 Å². The van der Waals surface area contributed by atoms with Gasteiger partial charge in [0, 0.05) is 13.1 Å². The lowest BCUT2D eigenvalue weighted by Gasteiger charge is -2.33. The van der Waals surface area contributed by atoms with E-state index in [-0.39, 0.29) is 5.25 Å². The Morgan fingerprint density at radius 1 is 1.18 bits per heavy atom. The fraction of sp³-hybridized carbons (Fsp3) is 0.632. The SMILES string of the molecule is CC(C)CSC(C)C(=O)N1CCC(Cc2ccccc2)CC1. The molecule has 1 aliphatic heterocycles. The van der Waals surface area contributed by atoms with E-state index in [0.717, 1.165) is 44.0 Å². The number of amides is 1. The fourth-order valence-corrected chi connectivity index (χ4v) is 3.94. The summed E-state index contributed by atoms with van der Waals surface area (Å²) in [5, 5.41) is 0.105. The molecule has 1 amide bonds. The van der Waals surface area contributed by atoms with Crippen LogP contribution in [0.3, 0.4) is 0 Å². The van der Waals surface area contributed by atoms with Crippen molar-refractivity contribution in [3.63, 3.8) is 0 Å². The zero-order valence-corrected chi connectivity index (χ0v) is 14.9. The quantitative estimate of drug-likeness (QED) is 0.781. The van der Waals surface area contributed by atoms with Crippen LogP contribution in [0.2, 0.25) is 0 Å². The first-order valence-corrected chi connectivity index (χ1v) is 9.55. The maximum atomic E-state index is 12.5. The third-order valence-electron chi connectivity index (χ3n) is 4.32. The first-order chi connectivity index (χ1) is 10.6. The zero-order valence-electron chi connectivity index (χ0n) is 14.1. The van der Waals surface area contributed by atoms with E-state index in [4.69, 9.17) is 0 Å². The van der Waals surface area contributed by atoms with E-state index in [1.54, 1.807) is 11.8 Å². The van der Waals surface area contributed by atoms with Gasteiger partial charge in [0.05, 0.1) is 5.25 Å². The number of piperidine rings is 1. The summed E-state index contributed by atoms with van der Waals surface area (Å²) in [6.45, 7) is 8.34. The third-order valence-corrected chi connectivity index (χ3v) is 5.88. The maximum Gasteiger partial charge on any atom is 0.235 e. The number of rotatable bonds is 6. The molecule has 122 valence electrons. The van der Waals surface area contributed by atoms with Crippen molar-refractivity contribution >= 4 is 17.7 Å². The second-order valence-electron chi connectivity index (χ2n) is 6.83. The molecule has 2 rings (SSSR count). The van der Waals surface area contributed by atoms with Crippen LogP contribution in [0.5, 0.6) is 0 Å². The molecule has 1 saturated heterocycles. The lowest BCUT2D eigenvalue weighted by atomic mass is 9.90. The highest BCUT2D eigenvalue weighted by Crippen LogP contribution is 2.24. The van der Waals surface area contributed by atoms with E-state index < -0.39 is 0 Å². The highest BCUT2D eigenvalue weighted by Gasteiger charge is 2.26. The van der Waals surface area contributed by atoms with Gasteiger partial charge in [-0.1, -0.05) is 44.2 Å². The van der Waals surface area contributed by atoms with Crippen LogP contribution in [0, 0.1) is 11.8 Å². The molecule has 1 aromatic carbocycles. The lowest BCUT2D eigenvalue weighted by molar-refractivity contribution is -0.131. The second-order valence-corrected chi connectivity index (χ2v) is 8.20. The molecule has 1 fully saturated rings. The summed E-state index contributed by atoms with van der Waals surface area (Å²) in [4.78, 5) is 14.6. The van der Waals surface area contributed by atoms with Gasteiger partial charge in [0.2, 0.25) is 5.91 Å². The molecule has 0 aromatic heterocycles. The average Bonchev–Trinajstić information content (AvgIpc) is 2.53. The van der Waals surface area contributed by atoms with Gasteiger partial charge >= 0.3 is 0 Å². The van der Waals surface area contributed by atoms with Gasteiger partial charge in [0.1, 0.15) is 0 Å². The van der Waals surface area contributed by atoms with Gasteiger partial charge in [0.15, 0.2) is 0 Å². The Hall–Kier alpha value is -0.960. The molecule has 0 aliphatic carbocycles. The van der Waals surface area contributed by atoms with Gasteiger partial charge in [0.25, 0.3) is 0 Å². The molecule has 1 unspecified atom stereocenters. The van der Waals surface area contributed by atoms with Crippen molar-refractivity contribution in [3.05, 3.63) is 35.9 Å². The summed E-state index contributed by atoms with van der Waals surface area (Å²) in [5.74, 6) is 2.78. The molecule has 0 radical (unpaired) electrons. The Morgan fingerprint density at radius 3 is 2.41 bits per heavy atom. The predicted molar refractivity (Wildman–Crippen MR) is 96.2 cm³/mol. The van der Waals surface area contributed by atoms with Gasteiger partial charge < -0.3 is 4.90 Å². The van der Waals surface area contributed by atoms with Gasteiger partial charge in [-0.25, -0.2) is 0 Å². The summed E-state index contributed by atoms with van der Waals surface area (Å²) in [7, 11) is 0. The largest absolute Gasteiger partial charge is 0.342 e. The van der Waals surface area contributed by atoms with Crippen LogP contribution in [-0.4, -0.2) is 34.9 Å². The monoisotopic (exact) mass is 319 g/mol. The molecule has 0 saturated carbocycles. The van der Waals surface area contributed by atoms with Gasteiger partial charge in [-0.15, -0.1) is 11.8 Å². The summed E-state index contributed by atoms with van der Waals surface area (Å²) < 4.78 is 0. The standard InChI is InChI=1S/C19H29NOS/c1-15(2)14-22-16(3)19(21)20-11-9-18(10-12-20)13-17-7-5-4-6-8-17/h4-8,15-16,18H,9-14H2,1-3H3. The number of thioether (sulfide) groups is 1. The number of hydrogen-bond donors (Lipinski definition) is 0. The molecule has 22 heavy (non-hydrogen) atoms. The van der Waals surface area contributed by atoms with Crippen molar-refractivity contribution in [2.45, 2.75) is 45.3 Å². The molecule has 1 atom stereocenters. The Labute approximate surface area is 139 Å². The number of likely N-dealkylation sites (tertiary alicyclic amines) is 1. The van der Waals surface area contributed by atoms with Crippen LogP contribution in [0.1, 0.15) is 39.2 Å². The minimum atomic E-state index is 0.105. The molecule has 1 aliphatic rings. The number of hydrogen-bond acceptors (Lipinski definition) is 2. The highest BCUT2D eigenvalue weighted by atomic mass is 32.2. The molecule has 0 spiro atoms. The number of benzene rings is 1. The van der Waals surface area contributed by atoms with Crippen molar-refractivity contribution in [3.8, 4) is 0 Å². The van der Waals surface area contributed by atoms with E-state index in [0.29, 0.717) is 11.8 Å². The Balaban J connectivity index is 1.75. The third kappa shape index (κ3) is 5.35. The van der Waals surface area contributed by atoms with Gasteiger partial charge in [-0.3, -0.25) is 4.79 Å². The Bertz CT molecular complexity index is 452. The Kier molecular flexibility index (Phi) is 6.81. The van der Waals surface area contributed by atoms with E-state index in [9.17, 15) is 4.79 Å². The normalized spacial score (nSPS) is 17.7. The van der Waals surface area contributed by atoms with Crippen molar-refractivity contribution in [2.75, 3.05) is 18.8 Å². The van der Waals surface area contributed by atoms with E-state index in [1.165, 1.54) is 5.56 Å². The highest BCUT2D eigenvalue weighted by molar-refractivity contribution is 8.00. The number of nitrogens with zero attached hydrogens (tertiary/aromatic N) is 1. The van der Waals surface area contributed by atoms with Gasteiger partial charge in [-0.05, 0) is 49.3 Å². The van der Waals surface area contributed by atoms with Crippen LogP contribution >= 0.6 is 11.8 Å². The topological polar surface area (TPSA) is 20.3 Å². The van der Waals surface area contributed by atoms with Crippen LogP contribution in [0.25, 0.3) is 0 Å². The molecule has 0 bridgehead atoms. The molecule has 3 heteroatoms. The van der Waals surface area contributed by atoms with E-state index in [2.05, 4.69) is 56.0 Å². The first kappa shape index (κ1) is 17.4. The molecule has 1 heterocycles. The molecule has 2 nitrogen and oxygen atoms in total. The van der Waals surface area contributed by atoms with Crippen LogP contribution < -0.4 is 0 Å². The minimum Gasteiger partial charge on any atom is -0.342 e. The summed E-state index contributed by atoms with van der Waals surface area (Å²) in [6, 6.07) is 10.7. The van der Waals surface area contributed by atoms with E-state index in [1.807, 2.05) is 0 Å². The minimum absolute atomic E-state index is 0.105. The smallest absolute Gasteiger partial charge is 0.235 e. The second kappa shape index (κ2) is 8.61. The number of carbonyl (C=O) groups is 1. The van der Waals surface area contributed by atoms with E-state index >= 15 is 0 Å².